The van der Waals surface area contributed by atoms with Crippen molar-refractivity contribution in [2.75, 3.05) is 31.1 Å². The van der Waals surface area contributed by atoms with E-state index in [0.29, 0.717) is 6.04 Å². The number of halogens is 3. The zero-order chi connectivity index (χ0) is 14.9. The van der Waals surface area contributed by atoms with Gasteiger partial charge in [0.2, 0.25) is 0 Å². The Morgan fingerprint density at radius 3 is 2.71 bits per heavy atom. The van der Waals surface area contributed by atoms with Gasteiger partial charge in [-0.2, -0.15) is 0 Å². The molecule has 1 atom stereocenters. The smallest absolute Gasteiger partial charge is 0.406 e. The van der Waals surface area contributed by atoms with Crippen LogP contribution in [0.25, 0.3) is 0 Å². The Morgan fingerprint density at radius 2 is 1.90 bits per heavy atom. The highest BCUT2D eigenvalue weighted by molar-refractivity contribution is 5.51. The Bertz CT molecular complexity index is 492. The molecule has 1 aromatic rings. The fourth-order valence-corrected chi connectivity index (χ4v) is 3.32. The summed E-state index contributed by atoms with van der Waals surface area (Å²) in [7, 11) is 0. The molecule has 2 saturated heterocycles. The number of anilines is 1. The highest BCUT2D eigenvalue weighted by Gasteiger charge is 2.32. The van der Waals surface area contributed by atoms with Crippen LogP contribution < -0.4 is 9.64 Å². The van der Waals surface area contributed by atoms with Crippen molar-refractivity contribution in [1.82, 2.24) is 4.90 Å². The summed E-state index contributed by atoms with van der Waals surface area (Å²) in [6.07, 6.45) is -1.20. The fourth-order valence-electron chi connectivity index (χ4n) is 3.32. The van der Waals surface area contributed by atoms with Gasteiger partial charge < -0.3 is 9.64 Å². The van der Waals surface area contributed by atoms with Crippen molar-refractivity contribution in [2.24, 2.45) is 0 Å². The van der Waals surface area contributed by atoms with Gasteiger partial charge in [0.15, 0.2) is 0 Å². The number of fused-ring (bicyclic) bond motifs is 1. The SMILES string of the molecule is FC(F)(F)Oc1cccc(N2CCCN3CCCC3C2)c1. The minimum atomic E-state index is -4.64. The zero-order valence-electron chi connectivity index (χ0n) is 11.8. The predicted molar refractivity (Wildman–Crippen MR) is 74.6 cm³/mol. The largest absolute Gasteiger partial charge is 0.573 e. The molecule has 2 heterocycles. The van der Waals surface area contributed by atoms with Gasteiger partial charge in [0, 0.05) is 37.4 Å². The maximum atomic E-state index is 12.3. The summed E-state index contributed by atoms with van der Waals surface area (Å²) >= 11 is 0. The fraction of sp³-hybridized carbons (Fsp3) is 0.600. The van der Waals surface area contributed by atoms with E-state index in [9.17, 15) is 13.2 Å². The monoisotopic (exact) mass is 300 g/mol. The second-order valence-corrected chi connectivity index (χ2v) is 5.68. The van der Waals surface area contributed by atoms with E-state index in [1.54, 1.807) is 6.07 Å². The molecule has 2 fully saturated rings. The Balaban J connectivity index is 1.75. The van der Waals surface area contributed by atoms with Crippen molar-refractivity contribution in [3.05, 3.63) is 24.3 Å². The van der Waals surface area contributed by atoms with Gasteiger partial charge in [-0.05, 0) is 37.9 Å². The van der Waals surface area contributed by atoms with E-state index >= 15 is 0 Å². The first kappa shape index (κ1) is 14.5. The molecule has 6 heteroatoms. The standard InChI is InChI=1S/C15H19F3N2O/c16-15(17,18)21-14-6-1-4-12(10-14)20-9-3-8-19-7-2-5-13(19)11-20/h1,4,6,10,13H,2-3,5,7-9,11H2. The lowest BCUT2D eigenvalue weighted by Crippen LogP contribution is -2.36. The second kappa shape index (κ2) is 5.75. The van der Waals surface area contributed by atoms with Gasteiger partial charge >= 0.3 is 6.36 Å². The molecule has 1 aromatic carbocycles. The first-order valence-corrected chi connectivity index (χ1v) is 7.36. The molecular weight excluding hydrogens is 281 g/mol. The van der Waals surface area contributed by atoms with E-state index in [2.05, 4.69) is 14.5 Å². The molecular formula is C15H19F3N2O. The Kier molecular flexibility index (Phi) is 3.97. The Hall–Kier alpha value is -1.43. The average Bonchev–Trinajstić information content (AvgIpc) is 2.74. The van der Waals surface area contributed by atoms with Gasteiger partial charge in [-0.25, -0.2) is 0 Å². The van der Waals surface area contributed by atoms with E-state index in [-0.39, 0.29) is 5.75 Å². The lowest BCUT2D eigenvalue weighted by Gasteiger charge is -2.27. The van der Waals surface area contributed by atoms with Gasteiger partial charge in [0.25, 0.3) is 0 Å². The lowest BCUT2D eigenvalue weighted by molar-refractivity contribution is -0.274. The van der Waals surface area contributed by atoms with Crippen molar-refractivity contribution in [3.8, 4) is 5.75 Å². The molecule has 3 nitrogen and oxygen atoms in total. The average molecular weight is 300 g/mol. The van der Waals surface area contributed by atoms with E-state index in [1.807, 2.05) is 6.07 Å². The quantitative estimate of drug-likeness (QED) is 0.834. The number of hydrogen-bond donors (Lipinski definition) is 0. The Labute approximate surface area is 122 Å². The number of alkyl halides is 3. The number of benzene rings is 1. The maximum absolute atomic E-state index is 12.3. The lowest BCUT2D eigenvalue weighted by atomic mass is 10.2. The number of nitrogens with zero attached hydrogens (tertiary/aromatic N) is 2. The number of ether oxygens (including phenoxy) is 1. The van der Waals surface area contributed by atoms with Crippen LogP contribution in [0.1, 0.15) is 19.3 Å². The van der Waals surface area contributed by atoms with Gasteiger partial charge in [0.1, 0.15) is 5.75 Å². The van der Waals surface area contributed by atoms with Crippen LogP contribution >= 0.6 is 0 Å². The van der Waals surface area contributed by atoms with E-state index in [1.165, 1.54) is 25.0 Å². The summed E-state index contributed by atoms with van der Waals surface area (Å²) < 4.78 is 41.0. The van der Waals surface area contributed by atoms with Crippen molar-refractivity contribution in [1.29, 1.82) is 0 Å². The van der Waals surface area contributed by atoms with Crippen molar-refractivity contribution in [2.45, 2.75) is 31.7 Å². The summed E-state index contributed by atoms with van der Waals surface area (Å²) in [6.45, 7) is 3.99. The molecule has 0 saturated carbocycles. The Morgan fingerprint density at radius 1 is 1.10 bits per heavy atom. The molecule has 3 rings (SSSR count). The molecule has 0 bridgehead atoms. The van der Waals surface area contributed by atoms with Crippen molar-refractivity contribution >= 4 is 5.69 Å². The third kappa shape index (κ3) is 3.61. The van der Waals surface area contributed by atoms with Crippen LogP contribution in [0.2, 0.25) is 0 Å². The third-order valence-corrected chi connectivity index (χ3v) is 4.22. The molecule has 116 valence electrons. The molecule has 0 N–H and O–H groups in total. The molecule has 0 radical (unpaired) electrons. The molecule has 2 aliphatic rings. The topological polar surface area (TPSA) is 15.7 Å². The molecule has 0 aromatic heterocycles. The zero-order valence-corrected chi connectivity index (χ0v) is 11.8. The van der Waals surface area contributed by atoms with Crippen LogP contribution in [0.3, 0.4) is 0 Å². The third-order valence-electron chi connectivity index (χ3n) is 4.22. The highest BCUT2D eigenvalue weighted by atomic mass is 19.4. The summed E-state index contributed by atoms with van der Waals surface area (Å²) in [5.74, 6) is -0.146. The summed E-state index contributed by atoms with van der Waals surface area (Å²) in [6, 6.07) is 6.83. The van der Waals surface area contributed by atoms with E-state index in [4.69, 9.17) is 0 Å². The second-order valence-electron chi connectivity index (χ2n) is 5.68. The maximum Gasteiger partial charge on any atom is 0.573 e. The molecule has 0 aliphatic carbocycles. The first-order valence-electron chi connectivity index (χ1n) is 7.36. The van der Waals surface area contributed by atoms with Crippen LogP contribution in [0.15, 0.2) is 24.3 Å². The van der Waals surface area contributed by atoms with Crippen LogP contribution in [0.4, 0.5) is 18.9 Å². The first-order chi connectivity index (χ1) is 10.0. The summed E-state index contributed by atoms with van der Waals surface area (Å²) in [4.78, 5) is 4.68. The van der Waals surface area contributed by atoms with Crippen molar-refractivity contribution < 1.29 is 17.9 Å². The molecule has 1 unspecified atom stereocenters. The summed E-state index contributed by atoms with van der Waals surface area (Å²) in [5, 5.41) is 0. The predicted octanol–water partition coefficient (Wildman–Crippen LogP) is 3.26. The number of hydrogen-bond acceptors (Lipinski definition) is 3. The minimum Gasteiger partial charge on any atom is -0.406 e. The van der Waals surface area contributed by atoms with Gasteiger partial charge in [-0.15, -0.1) is 13.2 Å². The van der Waals surface area contributed by atoms with Gasteiger partial charge in [-0.3, -0.25) is 4.90 Å². The molecule has 21 heavy (non-hydrogen) atoms. The van der Waals surface area contributed by atoms with E-state index < -0.39 is 6.36 Å². The van der Waals surface area contributed by atoms with Crippen LogP contribution in [0, 0.1) is 0 Å². The normalized spacial score (nSPS) is 23.8. The van der Waals surface area contributed by atoms with Gasteiger partial charge in [-0.1, -0.05) is 6.07 Å². The van der Waals surface area contributed by atoms with E-state index in [0.717, 1.165) is 38.3 Å². The summed E-state index contributed by atoms with van der Waals surface area (Å²) in [5.41, 5.74) is 0.811. The molecule has 0 amide bonds. The minimum absolute atomic E-state index is 0.146. The van der Waals surface area contributed by atoms with Crippen LogP contribution in [-0.2, 0) is 0 Å². The highest BCUT2D eigenvalue weighted by Crippen LogP contribution is 2.29. The number of rotatable bonds is 2. The molecule has 0 spiro atoms. The molecule has 2 aliphatic heterocycles. The van der Waals surface area contributed by atoms with Crippen LogP contribution in [0.5, 0.6) is 5.75 Å². The van der Waals surface area contributed by atoms with Crippen LogP contribution in [-0.4, -0.2) is 43.5 Å². The van der Waals surface area contributed by atoms with Crippen molar-refractivity contribution in [3.63, 3.8) is 0 Å². The van der Waals surface area contributed by atoms with Gasteiger partial charge in [0.05, 0.1) is 0 Å².